The number of hydrogen-bond acceptors (Lipinski definition) is 4. The maximum absolute atomic E-state index is 6.12. The maximum atomic E-state index is 6.12. The zero-order chi connectivity index (χ0) is 16.8. The molecule has 1 aliphatic heterocycles. The molecule has 1 aromatic carbocycles. The Bertz CT molecular complexity index is 693. The Balaban J connectivity index is 1.83. The Labute approximate surface area is 138 Å². The van der Waals surface area contributed by atoms with Gasteiger partial charge in [-0.1, -0.05) is 12.1 Å². The molecule has 0 saturated carbocycles. The first-order valence-electron chi connectivity index (χ1n) is 8.15. The predicted octanol–water partition coefficient (Wildman–Crippen LogP) is 1.90. The Morgan fingerprint density at radius 1 is 1.13 bits per heavy atom. The summed E-state index contributed by atoms with van der Waals surface area (Å²) < 4.78 is 14.2. The quantitative estimate of drug-likeness (QED) is 0.808. The summed E-state index contributed by atoms with van der Waals surface area (Å²) in [4.78, 5) is 2.15. The second-order valence-corrected chi connectivity index (χ2v) is 7.60. The molecule has 1 saturated heterocycles. The lowest BCUT2D eigenvalue weighted by Crippen LogP contribution is -2.41. The van der Waals surface area contributed by atoms with E-state index in [1.807, 2.05) is 4.68 Å². The Hall–Kier alpha value is -1.37. The molecule has 0 radical (unpaired) electrons. The van der Waals surface area contributed by atoms with Crippen LogP contribution in [-0.4, -0.2) is 53.6 Å². The fourth-order valence-electron chi connectivity index (χ4n) is 2.63. The van der Waals surface area contributed by atoms with E-state index in [0.717, 1.165) is 29.5 Å². The minimum Gasteiger partial charge on any atom is -0.399 e. The van der Waals surface area contributed by atoms with Gasteiger partial charge in [-0.2, -0.15) is 5.10 Å². The van der Waals surface area contributed by atoms with Crippen LogP contribution in [0, 0.1) is 0 Å². The van der Waals surface area contributed by atoms with Crippen LogP contribution in [0.5, 0.6) is 0 Å². The number of aromatic nitrogens is 2. The summed E-state index contributed by atoms with van der Waals surface area (Å²) in [6.07, 6.45) is 2.09. The first kappa shape index (κ1) is 16.5. The third kappa shape index (κ3) is 3.16. The van der Waals surface area contributed by atoms with Gasteiger partial charge in [0.05, 0.1) is 23.3 Å². The van der Waals surface area contributed by atoms with E-state index in [4.69, 9.17) is 9.31 Å². The van der Waals surface area contributed by atoms with Crippen molar-refractivity contribution in [2.75, 3.05) is 20.6 Å². The Kier molecular flexibility index (Phi) is 4.03. The number of benzene rings is 1. The first-order valence-corrected chi connectivity index (χ1v) is 8.15. The third-order valence-electron chi connectivity index (χ3n) is 4.88. The van der Waals surface area contributed by atoms with Crippen LogP contribution in [0.3, 0.4) is 0 Å². The second kappa shape index (κ2) is 5.62. The van der Waals surface area contributed by atoms with Crippen LogP contribution in [0.25, 0.3) is 10.9 Å². The SMILES string of the molecule is CN(C)CCn1cc2ccc(B3OC(C)(C)C(C)(C)O3)cc2n1. The summed E-state index contributed by atoms with van der Waals surface area (Å²) in [5, 5.41) is 5.81. The molecular weight excluding hydrogens is 289 g/mol. The van der Waals surface area contributed by atoms with Gasteiger partial charge in [0.1, 0.15) is 0 Å². The highest BCUT2D eigenvalue weighted by atomic mass is 16.7. The fraction of sp³-hybridized carbons (Fsp3) is 0.588. The minimum absolute atomic E-state index is 0.322. The molecule has 6 heteroatoms. The molecule has 0 spiro atoms. The van der Waals surface area contributed by atoms with Crippen LogP contribution in [-0.2, 0) is 15.9 Å². The van der Waals surface area contributed by atoms with Crippen molar-refractivity contribution < 1.29 is 9.31 Å². The maximum Gasteiger partial charge on any atom is 0.494 e. The van der Waals surface area contributed by atoms with E-state index in [2.05, 4.69) is 76.2 Å². The molecule has 1 fully saturated rings. The third-order valence-corrected chi connectivity index (χ3v) is 4.88. The molecule has 23 heavy (non-hydrogen) atoms. The molecule has 0 aliphatic carbocycles. The average molecular weight is 315 g/mol. The van der Waals surface area contributed by atoms with Crippen molar-refractivity contribution in [1.29, 1.82) is 0 Å². The van der Waals surface area contributed by atoms with Gasteiger partial charge < -0.3 is 14.2 Å². The lowest BCUT2D eigenvalue weighted by molar-refractivity contribution is 0.00578. The molecule has 2 heterocycles. The lowest BCUT2D eigenvalue weighted by atomic mass is 9.79. The van der Waals surface area contributed by atoms with Crippen LogP contribution >= 0.6 is 0 Å². The van der Waals surface area contributed by atoms with E-state index >= 15 is 0 Å². The van der Waals surface area contributed by atoms with Gasteiger partial charge in [0, 0.05) is 18.1 Å². The first-order chi connectivity index (χ1) is 10.7. The highest BCUT2D eigenvalue weighted by molar-refractivity contribution is 6.62. The normalized spacial score (nSPS) is 19.9. The van der Waals surface area contributed by atoms with Crippen LogP contribution in [0.15, 0.2) is 24.4 Å². The second-order valence-electron chi connectivity index (χ2n) is 7.60. The van der Waals surface area contributed by atoms with Gasteiger partial charge in [-0.25, -0.2) is 0 Å². The standard InChI is InChI=1S/C17H26BN3O2/c1-16(2)17(3,4)23-18(22-16)14-8-7-13-12-21(10-9-20(5)6)19-15(13)11-14/h7-8,11-12H,9-10H2,1-6H3. The summed E-state index contributed by atoms with van der Waals surface area (Å²) in [6, 6.07) is 6.24. The molecule has 124 valence electrons. The molecular formula is C17H26BN3O2. The molecule has 5 nitrogen and oxygen atoms in total. The summed E-state index contributed by atoms with van der Waals surface area (Å²) in [5.41, 5.74) is 1.36. The lowest BCUT2D eigenvalue weighted by Gasteiger charge is -2.32. The number of likely N-dealkylation sites (N-methyl/N-ethyl adjacent to an activating group) is 1. The van der Waals surface area contributed by atoms with Crippen LogP contribution in [0.1, 0.15) is 27.7 Å². The molecule has 2 aromatic rings. The summed E-state index contributed by atoms with van der Waals surface area (Å²) in [5.74, 6) is 0. The molecule has 0 bridgehead atoms. The van der Waals surface area contributed by atoms with Gasteiger partial charge in [0.15, 0.2) is 0 Å². The van der Waals surface area contributed by atoms with Gasteiger partial charge in [-0.15, -0.1) is 0 Å². The van der Waals surface area contributed by atoms with Gasteiger partial charge in [0.2, 0.25) is 0 Å². The topological polar surface area (TPSA) is 39.5 Å². The van der Waals surface area contributed by atoms with E-state index < -0.39 is 0 Å². The van der Waals surface area contributed by atoms with Gasteiger partial charge in [0.25, 0.3) is 0 Å². The van der Waals surface area contributed by atoms with E-state index in [1.54, 1.807) is 0 Å². The van der Waals surface area contributed by atoms with Crippen molar-refractivity contribution in [2.24, 2.45) is 0 Å². The van der Waals surface area contributed by atoms with Crippen LogP contribution in [0.2, 0.25) is 0 Å². The van der Waals surface area contributed by atoms with Crippen molar-refractivity contribution in [2.45, 2.75) is 45.4 Å². The zero-order valence-electron chi connectivity index (χ0n) is 15.0. The van der Waals surface area contributed by atoms with Gasteiger partial charge >= 0.3 is 7.12 Å². The monoisotopic (exact) mass is 315 g/mol. The molecule has 0 unspecified atom stereocenters. The summed E-state index contributed by atoms with van der Waals surface area (Å²) >= 11 is 0. The predicted molar refractivity (Wildman–Crippen MR) is 94.0 cm³/mol. The summed E-state index contributed by atoms with van der Waals surface area (Å²) in [6.45, 7) is 10.1. The number of fused-ring (bicyclic) bond motifs is 1. The van der Waals surface area contributed by atoms with Crippen LogP contribution < -0.4 is 5.46 Å². The van der Waals surface area contributed by atoms with Crippen molar-refractivity contribution >= 4 is 23.5 Å². The van der Waals surface area contributed by atoms with Crippen LogP contribution in [0.4, 0.5) is 0 Å². The highest BCUT2D eigenvalue weighted by Crippen LogP contribution is 2.36. The number of nitrogens with zero attached hydrogens (tertiary/aromatic N) is 3. The zero-order valence-corrected chi connectivity index (χ0v) is 15.0. The molecule has 3 rings (SSSR count). The van der Waals surface area contributed by atoms with Crippen molar-refractivity contribution in [3.63, 3.8) is 0 Å². The largest absolute Gasteiger partial charge is 0.494 e. The fourth-order valence-corrected chi connectivity index (χ4v) is 2.63. The summed E-state index contributed by atoms with van der Waals surface area (Å²) in [7, 11) is 3.80. The Morgan fingerprint density at radius 3 is 2.39 bits per heavy atom. The molecule has 0 atom stereocenters. The highest BCUT2D eigenvalue weighted by Gasteiger charge is 2.51. The van der Waals surface area contributed by atoms with Gasteiger partial charge in [-0.3, -0.25) is 4.68 Å². The number of hydrogen-bond donors (Lipinski definition) is 0. The van der Waals surface area contributed by atoms with Crippen molar-refractivity contribution in [3.8, 4) is 0 Å². The molecule has 1 aromatic heterocycles. The molecule has 0 amide bonds. The van der Waals surface area contributed by atoms with Gasteiger partial charge in [-0.05, 0) is 53.3 Å². The molecule has 0 N–H and O–H groups in total. The van der Waals surface area contributed by atoms with E-state index in [9.17, 15) is 0 Å². The van der Waals surface area contributed by atoms with Crippen molar-refractivity contribution in [3.05, 3.63) is 24.4 Å². The van der Waals surface area contributed by atoms with E-state index in [-0.39, 0.29) is 18.3 Å². The number of rotatable bonds is 4. The van der Waals surface area contributed by atoms with E-state index in [0.29, 0.717) is 0 Å². The van der Waals surface area contributed by atoms with Crippen molar-refractivity contribution in [1.82, 2.24) is 14.7 Å². The minimum atomic E-state index is -0.337. The molecule has 1 aliphatic rings. The smallest absolute Gasteiger partial charge is 0.399 e. The van der Waals surface area contributed by atoms with E-state index in [1.165, 1.54) is 0 Å². The Morgan fingerprint density at radius 2 is 1.78 bits per heavy atom. The average Bonchev–Trinajstić information content (AvgIpc) is 2.94.